The summed E-state index contributed by atoms with van der Waals surface area (Å²) in [4.78, 5) is 23.0. The van der Waals surface area contributed by atoms with E-state index in [9.17, 15) is 14.9 Å². The molecule has 0 bridgehead atoms. The molecule has 0 aliphatic heterocycles. The zero-order valence-electron chi connectivity index (χ0n) is 11.8. The SMILES string of the molecule is Cc1ccc(/C=C2/Cc3c(Cl)cccc3C2=O)cc1[N+](=O)[O-]. The second kappa shape index (κ2) is 5.39. The number of nitro benzene ring substituents is 1. The van der Waals surface area contributed by atoms with Gasteiger partial charge < -0.3 is 0 Å². The van der Waals surface area contributed by atoms with E-state index >= 15 is 0 Å². The van der Waals surface area contributed by atoms with Crippen LogP contribution in [-0.2, 0) is 6.42 Å². The minimum Gasteiger partial charge on any atom is -0.289 e. The van der Waals surface area contributed by atoms with E-state index in [-0.39, 0.29) is 11.5 Å². The third kappa shape index (κ3) is 2.42. The number of ketones is 1. The molecule has 0 fully saturated rings. The van der Waals surface area contributed by atoms with Crippen molar-refractivity contribution < 1.29 is 9.72 Å². The topological polar surface area (TPSA) is 60.2 Å². The number of carbonyl (C=O) groups is 1. The number of rotatable bonds is 2. The number of Topliss-reactive ketones (excluding diaryl/α,β-unsaturated/α-hetero) is 1. The Kier molecular flexibility index (Phi) is 3.54. The maximum absolute atomic E-state index is 12.4. The van der Waals surface area contributed by atoms with Gasteiger partial charge in [0.25, 0.3) is 5.69 Å². The van der Waals surface area contributed by atoms with Gasteiger partial charge in [-0.1, -0.05) is 35.9 Å². The van der Waals surface area contributed by atoms with E-state index in [1.807, 2.05) is 0 Å². The van der Waals surface area contributed by atoms with Crippen LogP contribution < -0.4 is 0 Å². The van der Waals surface area contributed by atoms with Crippen LogP contribution in [0.2, 0.25) is 5.02 Å². The third-order valence-electron chi connectivity index (χ3n) is 3.79. The molecule has 0 unspecified atom stereocenters. The Morgan fingerprint density at radius 2 is 2.05 bits per heavy atom. The van der Waals surface area contributed by atoms with Gasteiger partial charge >= 0.3 is 0 Å². The molecule has 2 aromatic rings. The van der Waals surface area contributed by atoms with Crippen molar-refractivity contribution in [1.29, 1.82) is 0 Å². The van der Waals surface area contributed by atoms with Crippen LogP contribution >= 0.6 is 11.6 Å². The van der Waals surface area contributed by atoms with Crippen molar-refractivity contribution in [2.24, 2.45) is 0 Å². The molecule has 5 heteroatoms. The fourth-order valence-corrected chi connectivity index (χ4v) is 2.87. The molecule has 1 aliphatic rings. The average molecular weight is 314 g/mol. The summed E-state index contributed by atoms with van der Waals surface area (Å²) >= 11 is 6.12. The summed E-state index contributed by atoms with van der Waals surface area (Å²) in [5.74, 6) is -0.0688. The fraction of sp³-hybridized carbons (Fsp3) is 0.118. The van der Waals surface area contributed by atoms with Gasteiger partial charge in [0, 0.05) is 34.2 Å². The van der Waals surface area contributed by atoms with Crippen molar-refractivity contribution in [3.05, 3.63) is 79.4 Å². The molecule has 3 rings (SSSR count). The number of nitrogens with zero attached hydrogens (tertiary/aromatic N) is 1. The number of fused-ring (bicyclic) bond motifs is 1. The molecule has 2 aromatic carbocycles. The quantitative estimate of drug-likeness (QED) is 0.469. The van der Waals surface area contributed by atoms with Crippen LogP contribution in [0.15, 0.2) is 42.0 Å². The van der Waals surface area contributed by atoms with Gasteiger partial charge in [0.15, 0.2) is 5.78 Å². The highest BCUT2D eigenvalue weighted by molar-refractivity contribution is 6.33. The lowest BCUT2D eigenvalue weighted by molar-refractivity contribution is -0.385. The molecule has 0 atom stereocenters. The first-order valence-corrected chi connectivity index (χ1v) is 7.13. The zero-order valence-corrected chi connectivity index (χ0v) is 12.6. The zero-order chi connectivity index (χ0) is 15.9. The third-order valence-corrected chi connectivity index (χ3v) is 4.15. The summed E-state index contributed by atoms with van der Waals surface area (Å²) in [7, 11) is 0. The van der Waals surface area contributed by atoms with Crippen LogP contribution in [-0.4, -0.2) is 10.7 Å². The van der Waals surface area contributed by atoms with Crippen LogP contribution in [0.4, 0.5) is 5.69 Å². The first kappa shape index (κ1) is 14.5. The van der Waals surface area contributed by atoms with E-state index in [0.29, 0.717) is 33.7 Å². The van der Waals surface area contributed by atoms with Crippen molar-refractivity contribution in [2.45, 2.75) is 13.3 Å². The van der Waals surface area contributed by atoms with Gasteiger partial charge in [-0.3, -0.25) is 14.9 Å². The predicted octanol–water partition coefficient (Wildman–Crippen LogP) is 4.38. The molecule has 0 heterocycles. The highest BCUT2D eigenvalue weighted by atomic mass is 35.5. The Bertz CT molecular complexity index is 840. The summed E-state index contributed by atoms with van der Waals surface area (Å²) in [5, 5.41) is 11.6. The molecule has 0 N–H and O–H groups in total. The van der Waals surface area contributed by atoms with Crippen LogP contribution in [0.25, 0.3) is 6.08 Å². The smallest absolute Gasteiger partial charge is 0.272 e. The second-order valence-electron chi connectivity index (χ2n) is 5.24. The highest BCUT2D eigenvalue weighted by Crippen LogP contribution is 2.33. The van der Waals surface area contributed by atoms with Crippen molar-refractivity contribution >= 4 is 29.1 Å². The number of allylic oxidation sites excluding steroid dienone is 1. The molecule has 0 radical (unpaired) electrons. The first-order valence-electron chi connectivity index (χ1n) is 6.75. The number of hydrogen-bond acceptors (Lipinski definition) is 3. The minimum atomic E-state index is -0.417. The van der Waals surface area contributed by atoms with Crippen molar-refractivity contribution in [1.82, 2.24) is 0 Å². The van der Waals surface area contributed by atoms with Crippen molar-refractivity contribution in [3.63, 3.8) is 0 Å². The molecule has 0 saturated heterocycles. The van der Waals surface area contributed by atoms with Crippen LogP contribution in [0.3, 0.4) is 0 Å². The summed E-state index contributed by atoms with van der Waals surface area (Å²) in [6.45, 7) is 1.69. The number of hydrogen-bond donors (Lipinski definition) is 0. The Hall–Kier alpha value is -2.46. The Labute approximate surface area is 132 Å². The molecule has 4 nitrogen and oxygen atoms in total. The maximum Gasteiger partial charge on any atom is 0.272 e. The summed E-state index contributed by atoms with van der Waals surface area (Å²) in [5.41, 5.74) is 3.32. The Morgan fingerprint density at radius 3 is 2.73 bits per heavy atom. The van der Waals surface area contributed by atoms with Crippen LogP contribution in [0.5, 0.6) is 0 Å². The summed E-state index contributed by atoms with van der Waals surface area (Å²) < 4.78 is 0. The molecule has 22 heavy (non-hydrogen) atoms. The average Bonchev–Trinajstić information content (AvgIpc) is 2.79. The molecular weight excluding hydrogens is 302 g/mol. The van der Waals surface area contributed by atoms with Gasteiger partial charge in [-0.2, -0.15) is 0 Å². The molecule has 110 valence electrons. The number of nitro groups is 1. The van der Waals surface area contributed by atoms with Crippen molar-refractivity contribution in [3.8, 4) is 0 Å². The van der Waals surface area contributed by atoms with Gasteiger partial charge in [-0.15, -0.1) is 0 Å². The van der Waals surface area contributed by atoms with Gasteiger partial charge in [-0.05, 0) is 30.2 Å². The summed E-state index contributed by atoms with van der Waals surface area (Å²) in [6, 6.07) is 10.2. The molecule has 0 aromatic heterocycles. The minimum absolute atomic E-state index is 0.0512. The van der Waals surface area contributed by atoms with E-state index in [0.717, 1.165) is 5.56 Å². The lowest BCUT2D eigenvalue weighted by Gasteiger charge is -2.00. The highest BCUT2D eigenvalue weighted by Gasteiger charge is 2.26. The van der Waals surface area contributed by atoms with Crippen LogP contribution in [0, 0.1) is 17.0 Å². The maximum atomic E-state index is 12.4. The number of halogens is 1. The second-order valence-corrected chi connectivity index (χ2v) is 5.65. The molecule has 0 amide bonds. The normalized spacial score (nSPS) is 15.2. The van der Waals surface area contributed by atoms with Gasteiger partial charge in [0.1, 0.15) is 0 Å². The molecular formula is C17H12ClNO3. The molecule has 1 aliphatic carbocycles. The fourth-order valence-electron chi connectivity index (χ4n) is 2.63. The van der Waals surface area contributed by atoms with E-state index in [1.165, 1.54) is 6.07 Å². The van der Waals surface area contributed by atoms with Crippen LogP contribution in [0.1, 0.15) is 27.0 Å². The number of aryl methyl sites for hydroxylation is 1. The number of carbonyl (C=O) groups excluding carboxylic acids is 1. The van der Waals surface area contributed by atoms with E-state index in [4.69, 9.17) is 11.6 Å². The monoisotopic (exact) mass is 313 g/mol. The molecule has 0 saturated carbocycles. The Balaban J connectivity index is 2.02. The lowest BCUT2D eigenvalue weighted by atomic mass is 10.1. The van der Waals surface area contributed by atoms with E-state index in [2.05, 4.69) is 0 Å². The van der Waals surface area contributed by atoms with Gasteiger partial charge in [-0.25, -0.2) is 0 Å². The first-order chi connectivity index (χ1) is 10.5. The molecule has 0 spiro atoms. The van der Waals surface area contributed by atoms with Crippen molar-refractivity contribution in [2.75, 3.05) is 0 Å². The lowest BCUT2D eigenvalue weighted by Crippen LogP contribution is -1.96. The van der Waals surface area contributed by atoms with E-state index in [1.54, 1.807) is 43.3 Å². The largest absolute Gasteiger partial charge is 0.289 e. The van der Waals surface area contributed by atoms with E-state index < -0.39 is 4.92 Å². The predicted molar refractivity (Wildman–Crippen MR) is 85.3 cm³/mol. The standard InChI is InChI=1S/C17H12ClNO3/c1-10-5-6-11(8-16(10)19(21)22)7-12-9-14-13(17(12)20)3-2-4-15(14)18/h2-8H,9H2,1H3/b12-7-. The Morgan fingerprint density at radius 1 is 1.27 bits per heavy atom. The van der Waals surface area contributed by atoms with Gasteiger partial charge in [0.05, 0.1) is 4.92 Å². The summed E-state index contributed by atoms with van der Waals surface area (Å²) in [6.07, 6.45) is 2.15. The number of benzene rings is 2. The van der Waals surface area contributed by atoms with Gasteiger partial charge in [0.2, 0.25) is 0 Å².